The molecule has 1 amide bonds. The summed E-state index contributed by atoms with van der Waals surface area (Å²) in [5.74, 6) is 0.0423. The summed E-state index contributed by atoms with van der Waals surface area (Å²) in [6, 6.07) is 8.24. The SMILES string of the molecule is Cc1nn(C)c(C)c1CC(=O)NCCCn1nc(C)c2ccccc21. The van der Waals surface area contributed by atoms with Gasteiger partial charge in [-0.3, -0.25) is 14.2 Å². The number of rotatable bonds is 6. The molecule has 3 rings (SSSR count). The largest absolute Gasteiger partial charge is 0.356 e. The summed E-state index contributed by atoms with van der Waals surface area (Å²) < 4.78 is 3.84. The lowest BCUT2D eigenvalue weighted by molar-refractivity contribution is -0.120. The Morgan fingerprint density at radius 1 is 1.12 bits per heavy atom. The summed E-state index contributed by atoms with van der Waals surface area (Å²) in [6.07, 6.45) is 1.23. The number of amides is 1. The maximum Gasteiger partial charge on any atom is 0.224 e. The van der Waals surface area contributed by atoms with Gasteiger partial charge in [0.15, 0.2) is 0 Å². The third kappa shape index (κ3) is 3.57. The van der Waals surface area contributed by atoms with Gasteiger partial charge in [-0.15, -0.1) is 0 Å². The Bertz CT molecular complexity index is 906. The summed E-state index contributed by atoms with van der Waals surface area (Å²) in [6.45, 7) is 7.40. The van der Waals surface area contributed by atoms with Gasteiger partial charge >= 0.3 is 0 Å². The highest BCUT2D eigenvalue weighted by Gasteiger charge is 2.13. The van der Waals surface area contributed by atoms with Crippen molar-refractivity contribution in [2.45, 2.75) is 40.2 Å². The van der Waals surface area contributed by atoms with Crippen LogP contribution in [-0.2, 0) is 24.8 Å². The van der Waals surface area contributed by atoms with Crippen LogP contribution in [0.2, 0.25) is 0 Å². The van der Waals surface area contributed by atoms with Gasteiger partial charge in [-0.1, -0.05) is 18.2 Å². The fourth-order valence-electron chi connectivity index (χ4n) is 3.22. The molecule has 0 saturated carbocycles. The van der Waals surface area contributed by atoms with Crippen molar-refractivity contribution < 1.29 is 4.79 Å². The summed E-state index contributed by atoms with van der Waals surface area (Å²) >= 11 is 0. The molecule has 132 valence electrons. The van der Waals surface area contributed by atoms with E-state index in [4.69, 9.17) is 0 Å². The standard InChI is InChI=1S/C19H25N5O/c1-13-16-8-5-6-9-18(16)24(22-13)11-7-10-20-19(25)12-17-14(2)21-23(4)15(17)3/h5-6,8-9H,7,10-12H2,1-4H3,(H,20,25). The van der Waals surface area contributed by atoms with Crippen LogP contribution in [0.25, 0.3) is 10.9 Å². The Morgan fingerprint density at radius 2 is 1.88 bits per heavy atom. The zero-order valence-electron chi connectivity index (χ0n) is 15.3. The van der Waals surface area contributed by atoms with E-state index in [0.29, 0.717) is 13.0 Å². The van der Waals surface area contributed by atoms with E-state index in [1.54, 1.807) is 0 Å². The van der Waals surface area contributed by atoms with Gasteiger partial charge < -0.3 is 5.32 Å². The molecular weight excluding hydrogens is 314 g/mol. The van der Waals surface area contributed by atoms with Crippen LogP contribution in [0, 0.1) is 20.8 Å². The lowest BCUT2D eigenvalue weighted by Gasteiger charge is -2.07. The van der Waals surface area contributed by atoms with E-state index < -0.39 is 0 Å². The first-order valence-electron chi connectivity index (χ1n) is 8.65. The van der Waals surface area contributed by atoms with Crippen molar-refractivity contribution in [2.75, 3.05) is 6.54 Å². The van der Waals surface area contributed by atoms with Crippen molar-refractivity contribution in [2.24, 2.45) is 7.05 Å². The number of nitrogens with one attached hydrogen (secondary N) is 1. The second kappa shape index (κ2) is 7.09. The van der Waals surface area contributed by atoms with Gasteiger partial charge in [0.25, 0.3) is 0 Å². The highest BCUT2D eigenvalue weighted by Crippen LogP contribution is 2.17. The van der Waals surface area contributed by atoms with Gasteiger partial charge in [0.1, 0.15) is 0 Å². The first kappa shape index (κ1) is 17.2. The highest BCUT2D eigenvalue weighted by atomic mass is 16.1. The van der Waals surface area contributed by atoms with Gasteiger partial charge in [0.05, 0.1) is 23.3 Å². The molecule has 25 heavy (non-hydrogen) atoms. The van der Waals surface area contributed by atoms with Gasteiger partial charge in [-0.2, -0.15) is 10.2 Å². The minimum Gasteiger partial charge on any atom is -0.356 e. The summed E-state index contributed by atoms with van der Waals surface area (Å²) in [5, 5.41) is 13.1. The molecule has 0 aliphatic carbocycles. The van der Waals surface area contributed by atoms with E-state index in [9.17, 15) is 4.79 Å². The van der Waals surface area contributed by atoms with Crippen LogP contribution in [0.5, 0.6) is 0 Å². The second-order valence-electron chi connectivity index (χ2n) is 6.48. The molecule has 1 N–H and O–H groups in total. The number of carbonyl (C=O) groups is 1. The summed E-state index contributed by atoms with van der Waals surface area (Å²) in [7, 11) is 1.90. The normalized spacial score (nSPS) is 11.2. The van der Waals surface area contributed by atoms with E-state index in [-0.39, 0.29) is 5.91 Å². The molecule has 6 nitrogen and oxygen atoms in total. The van der Waals surface area contributed by atoms with E-state index in [2.05, 4.69) is 27.6 Å². The summed E-state index contributed by atoms with van der Waals surface area (Å²) in [4.78, 5) is 12.2. The molecule has 0 atom stereocenters. The number of benzene rings is 1. The predicted octanol–water partition coefficient (Wildman–Crippen LogP) is 2.44. The van der Waals surface area contributed by atoms with Crippen molar-refractivity contribution in [3.63, 3.8) is 0 Å². The van der Waals surface area contributed by atoms with E-state index in [0.717, 1.165) is 41.1 Å². The molecule has 0 bridgehead atoms. The molecule has 6 heteroatoms. The molecular formula is C19H25N5O. The topological polar surface area (TPSA) is 64.7 Å². The third-order valence-electron chi connectivity index (χ3n) is 4.71. The van der Waals surface area contributed by atoms with Crippen molar-refractivity contribution in [3.05, 3.63) is 46.9 Å². The van der Waals surface area contributed by atoms with E-state index >= 15 is 0 Å². The van der Waals surface area contributed by atoms with Crippen LogP contribution in [0.15, 0.2) is 24.3 Å². The molecule has 1 aromatic carbocycles. The maximum atomic E-state index is 12.2. The molecule has 0 saturated heterocycles. The fraction of sp³-hybridized carbons (Fsp3) is 0.421. The van der Waals surface area contributed by atoms with Crippen molar-refractivity contribution in [1.29, 1.82) is 0 Å². The third-order valence-corrected chi connectivity index (χ3v) is 4.71. The average Bonchev–Trinajstić information content (AvgIpc) is 3.03. The Labute approximate surface area is 147 Å². The summed E-state index contributed by atoms with van der Waals surface area (Å²) in [5.41, 5.74) is 5.18. The number of aryl methyl sites for hydroxylation is 4. The van der Waals surface area contributed by atoms with Crippen molar-refractivity contribution >= 4 is 16.8 Å². The zero-order chi connectivity index (χ0) is 18.0. The lowest BCUT2D eigenvalue weighted by atomic mass is 10.1. The molecule has 0 radical (unpaired) electrons. The molecule has 0 aliphatic rings. The smallest absolute Gasteiger partial charge is 0.224 e. The van der Waals surface area contributed by atoms with Gasteiger partial charge in [-0.05, 0) is 33.3 Å². The Balaban J connectivity index is 1.52. The van der Waals surface area contributed by atoms with Crippen LogP contribution in [0.4, 0.5) is 0 Å². The number of hydrogen-bond donors (Lipinski definition) is 1. The Morgan fingerprint density at radius 3 is 2.60 bits per heavy atom. The van der Waals surface area contributed by atoms with Gasteiger partial charge in [0, 0.05) is 36.8 Å². The second-order valence-corrected chi connectivity index (χ2v) is 6.48. The van der Waals surface area contributed by atoms with Crippen LogP contribution < -0.4 is 5.32 Å². The van der Waals surface area contributed by atoms with E-state index in [1.165, 1.54) is 5.39 Å². The Hall–Kier alpha value is -2.63. The molecule has 2 heterocycles. The minimum atomic E-state index is 0.0423. The number of aromatic nitrogens is 4. The molecule has 0 unspecified atom stereocenters. The first-order chi connectivity index (χ1) is 12.0. The number of hydrogen-bond acceptors (Lipinski definition) is 3. The monoisotopic (exact) mass is 339 g/mol. The molecule has 2 aromatic heterocycles. The molecule has 3 aromatic rings. The van der Waals surface area contributed by atoms with Crippen LogP contribution in [0.1, 0.15) is 29.1 Å². The van der Waals surface area contributed by atoms with Crippen LogP contribution >= 0.6 is 0 Å². The van der Waals surface area contributed by atoms with Crippen LogP contribution in [0.3, 0.4) is 0 Å². The number of nitrogens with zero attached hydrogens (tertiary/aromatic N) is 4. The molecule has 0 fully saturated rings. The highest BCUT2D eigenvalue weighted by molar-refractivity contribution is 5.81. The maximum absolute atomic E-state index is 12.2. The minimum absolute atomic E-state index is 0.0423. The zero-order valence-corrected chi connectivity index (χ0v) is 15.3. The number of carbonyl (C=O) groups excluding carboxylic acids is 1. The lowest BCUT2D eigenvalue weighted by Crippen LogP contribution is -2.27. The predicted molar refractivity (Wildman–Crippen MR) is 98.5 cm³/mol. The van der Waals surface area contributed by atoms with Crippen molar-refractivity contribution in [3.8, 4) is 0 Å². The average molecular weight is 339 g/mol. The Kier molecular flexibility index (Phi) is 4.88. The number of fused-ring (bicyclic) bond motifs is 1. The van der Waals surface area contributed by atoms with E-state index in [1.807, 2.05) is 49.3 Å². The quantitative estimate of drug-likeness (QED) is 0.702. The van der Waals surface area contributed by atoms with Crippen LogP contribution in [-0.4, -0.2) is 32.0 Å². The van der Waals surface area contributed by atoms with Gasteiger partial charge in [-0.25, -0.2) is 0 Å². The fourth-order valence-corrected chi connectivity index (χ4v) is 3.22. The number of para-hydroxylation sites is 1. The first-order valence-corrected chi connectivity index (χ1v) is 8.65. The molecule has 0 spiro atoms. The molecule has 0 aliphatic heterocycles. The van der Waals surface area contributed by atoms with Gasteiger partial charge in [0.2, 0.25) is 5.91 Å². The van der Waals surface area contributed by atoms with Crippen molar-refractivity contribution in [1.82, 2.24) is 24.9 Å².